The summed E-state index contributed by atoms with van der Waals surface area (Å²) >= 11 is 0. The van der Waals surface area contributed by atoms with Gasteiger partial charge in [-0.15, -0.1) is 12.4 Å². The Morgan fingerprint density at radius 2 is 1.94 bits per heavy atom. The molecule has 3 nitrogen and oxygen atoms in total. The number of rotatable bonds is 2. The Labute approximate surface area is 112 Å². The molecule has 0 aromatic carbocycles. The standard InChI is InChI=1S/C13H26N2O.ClH/c1-9-6-7-14-10(2)12(9)15-11(16)8-13(3,4)5;/h9-10,12,14H,6-8H2,1-5H3,(H,15,16);1H. The molecule has 1 aliphatic rings. The highest BCUT2D eigenvalue weighted by atomic mass is 35.5. The van der Waals surface area contributed by atoms with E-state index in [-0.39, 0.29) is 29.8 Å². The first-order chi connectivity index (χ1) is 7.29. The molecule has 1 rings (SSSR count). The van der Waals surface area contributed by atoms with E-state index in [1.54, 1.807) is 0 Å². The van der Waals surface area contributed by atoms with Gasteiger partial charge in [0.2, 0.25) is 5.91 Å². The van der Waals surface area contributed by atoms with E-state index >= 15 is 0 Å². The first-order valence-electron chi connectivity index (χ1n) is 6.32. The number of piperidine rings is 1. The molecular weight excluding hydrogens is 236 g/mol. The maximum atomic E-state index is 11.9. The van der Waals surface area contributed by atoms with Crippen molar-refractivity contribution in [1.29, 1.82) is 0 Å². The minimum atomic E-state index is 0. The highest BCUT2D eigenvalue weighted by molar-refractivity contribution is 5.85. The number of carbonyl (C=O) groups is 1. The molecule has 0 aliphatic carbocycles. The van der Waals surface area contributed by atoms with Gasteiger partial charge in [0.15, 0.2) is 0 Å². The van der Waals surface area contributed by atoms with Crippen molar-refractivity contribution >= 4 is 18.3 Å². The van der Waals surface area contributed by atoms with E-state index in [9.17, 15) is 4.79 Å². The Morgan fingerprint density at radius 3 is 2.41 bits per heavy atom. The zero-order valence-electron chi connectivity index (χ0n) is 11.7. The van der Waals surface area contributed by atoms with Gasteiger partial charge in [-0.25, -0.2) is 0 Å². The first-order valence-corrected chi connectivity index (χ1v) is 6.32. The van der Waals surface area contributed by atoms with Crippen LogP contribution in [0, 0.1) is 11.3 Å². The summed E-state index contributed by atoms with van der Waals surface area (Å²) in [6, 6.07) is 0.663. The Hall–Kier alpha value is -0.280. The van der Waals surface area contributed by atoms with E-state index in [0.29, 0.717) is 18.4 Å². The SMILES string of the molecule is CC1CCNC(C)C1NC(=O)CC(C)(C)C.Cl. The largest absolute Gasteiger partial charge is 0.352 e. The first kappa shape index (κ1) is 16.7. The monoisotopic (exact) mass is 262 g/mol. The summed E-state index contributed by atoms with van der Waals surface area (Å²) in [6.07, 6.45) is 1.74. The fraction of sp³-hybridized carbons (Fsp3) is 0.923. The van der Waals surface area contributed by atoms with Crippen LogP contribution in [-0.4, -0.2) is 24.5 Å². The zero-order valence-corrected chi connectivity index (χ0v) is 12.5. The molecule has 1 amide bonds. The van der Waals surface area contributed by atoms with Crippen LogP contribution in [0.25, 0.3) is 0 Å². The van der Waals surface area contributed by atoms with E-state index in [0.717, 1.165) is 13.0 Å². The number of halogens is 1. The van der Waals surface area contributed by atoms with Crippen LogP contribution < -0.4 is 10.6 Å². The quantitative estimate of drug-likeness (QED) is 0.802. The fourth-order valence-electron chi connectivity index (χ4n) is 2.32. The second-order valence-electron chi connectivity index (χ2n) is 6.34. The zero-order chi connectivity index (χ0) is 12.3. The van der Waals surface area contributed by atoms with Gasteiger partial charge in [0.25, 0.3) is 0 Å². The highest BCUT2D eigenvalue weighted by Gasteiger charge is 2.29. The van der Waals surface area contributed by atoms with Crippen molar-refractivity contribution in [1.82, 2.24) is 10.6 Å². The van der Waals surface area contributed by atoms with Gasteiger partial charge < -0.3 is 10.6 Å². The molecular formula is C13H27ClN2O. The fourth-order valence-corrected chi connectivity index (χ4v) is 2.32. The van der Waals surface area contributed by atoms with Gasteiger partial charge in [-0.3, -0.25) is 4.79 Å². The number of nitrogens with one attached hydrogen (secondary N) is 2. The van der Waals surface area contributed by atoms with Crippen LogP contribution in [0.15, 0.2) is 0 Å². The van der Waals surface area contributed by atoms with Crippen molar-refractivity contribution in [3.8, 4) is 0 Å². The van der Waals surface area contributed by atoms with Crippen LogP contribution in [0.4, 0.5) is 0 Å². The molecule has 0 spiro atoms. The van der Waals surface area contributed by atoms with E-state index in [1.165, 1.54) is 0 Å². The van der Waals surface area contributed by atoms with Crippen molar-refractivity contribution in [3.63, 3.8) is 0 Å². The highest BCUT2D eigenvalue weighted by Crippen LogP contribution is 2.20. The third kappa shape index (κ3) is 5.73. The third-order valence-electron chi connectivity index (χ3n) is 3.24. The van der Waals surface area contributed by atoms with E-state index < -0.39 is 0 Å². The van der Waals surface area contributed by atoms with Gasteiger partial charge in [0.1, 0.15) is 0 Å². The lowest BCUT2D eigenvalue weighted by Crippen LogP contribution is -2.56. The van der Waals surface area contributed by atoms with Gasteiger partial charge in [-0.1, -0.05) is 27.7 Å². The van der Waals surface area contributed by atoms with Crippen LogP contribution in [0.5, 0.6) is 0 Å². The molecule has 0 bridgehead atoms. The summed E-state index contributed by atoms with van der Waals surface area (Å²) < 4.78 is 0. The Morgan fingerprint density at radius 1 is 1.35 bits per heavy atom. The van der Waals surface area contributed by atoms with E-state index in [2.05, 4.69) is 45.3 Å². The van der Waals surface area contributed by atoms with Crippen LogP contribution in [0.1, 0.15) is 47.5 Å². The molecule has 102 valence electrons. The van der Waals surface area contributed by atoms with Crippen LogP contribution >= 0.6 is 12.4 Å². The summed E-state index contributed by atoms with van der Waals surface area (Å²) in [5, 5.41) is 6.59. The lowest BCUT2D eigenvalue weighted by molar-refractivity contribution is -0.124. The molecule has 4 heteroatoms. The Bertz CT molecular complexity index is 240. The predicted molar refractivity (Wildman–Crippen MR) is 74.5 cm³/mol. The van der Waals surface area contributed by atoms with Gasteiger partial charge in [-0.2, -0.15) is 0 Å². The van der Waals surface area contributed by atoms with Crippen molar-refractivity contribution in [3.05, 3.63) is 0 Å². The van der Waals surface area contributed by atoms with Crippen molar-refractivity contribution in [2.75, 3.05) is 6.54 Å². The molecule has 0 aromatic rings. The van der Waals surface area contributed by atoms with E-state index in [4.69, 9.17) is 0 Å². The molecule has 3 atom stereocenters. The second kappa shape index (κ2) is 6.60. The second-order valence-corrected chi connectivity index (χ2v) is 6.34. The van der Waals surface area contributed by atoms with Crippen molar-refractivity contribution in [2.24, 2.45) is 11.3 Å². The smallest absolute Gasteiger partial charge is 0.220 e. The number of hydrogen-bond donors (Lipinski definition) is 2. The maximum Gasteiger partial charge on any atom is 0.220 e. The lowest BCUT2D eigenvalue weighted by Gasteiger charge is -2.36. The van der Waals surface area contributed by atoms with Gasteiger partial charge >= 0.3 is 0 Å². The molecule has 3 unspecified atom stereocenters. The normalized spacial score (nSPS) is 29.4. The van der Waals surface area contributed by atoms with Crippen LogP contribution in [0.3, 0.4) is 0 Å². The predicted octanol–water partition coefficient (Wildman–Crippen LogP) is 2.35. The Kier molecular flexibility index (Phi) is 6.49. The number of carbonyl (C=O) groups excluding carboxylic acids is 1. The molecule has 0 aromatic heterocycles. The molecule has 1 heterocycles. The topological polar surface area (TPSA) is 41.1 Å². The molecule has 1 saturated heterocycles. The minimum Gasteiger partial charge on any atom is -0.352 e. The number of amides is 1. The average Bonchev–Trinajstić information content (AvgIpc) is 2.08. The average molecular weight is 263 g/mol. The summed E-state index contributed by atoms with van der Waals surface area (Å²) in [7, 11) is 0. The summed E-state index contributed by atoms with van der Waals surface area (Å²) in [5.74, 6) is 0.750. The maximum absolute atomic E-state index is 11.9. The molecule has 1 fully saturated rings. The van der Waals surface area contributed by atoms with Gasteiger partial charge in [-0.05, 0) is 31.2 Å². The summed E-state index contributed by atoms with van der Waals surface area (Å²) in [4.78, 5) is 11.9. The van der Waals surface area contributed by atoms with Crippen molar-refractivity contribution in [2.45, 2.75) is 59.5 Å². The van der Waals surface area contributed by atoms with Gasteiger partial charge in [0, 0.05) is 18.5 Å². The Balaban J connectivity index is 0.00000256. The third-order valence-corrected chi connectivity index (χ3v) is 3.24. The molecule has 17 heavy (non-hydrogen) atoms. The van der Waals surface area contributed by atoms with Gasteiger partial charge in [0.05, 0.1) is 0 Å². The minimum absolute atomic E-state index is 0. The molecule has 0 saturated carbocycles. The molecule has 0 radical (unpaired) electrons. The lowest BCUT2D eigenvalue weighted by atomic mass is 9.87. The molecule has 1 aliphatic heterocycles. The molecule has 2 N–H and O–H groups in total. The van der Waals surface area contributed by atoms with Crippen LogP contribution in [0.2, 0.25) is 0 Å². The summed E-state index contributed by atoms with van der Waals surface area (Å²) in [6.45, 7) is 11.7. The number of hydrogen-bond acceptors (Lipinski definition) is 2. The summed E-state index contributed by atoms with van der Waals surface area (Å²) in [5.41, 5.74) is 0.0681. The van der Waals surface area contributed by atoms with Crippen molar-refractivity contribution < 1.29 is 4.79 Å². The van der Waals surface area contributed by atoms with E-state index in [1.807, 2.05) is 0 Å². The van der Waals surface area contributed by atoms with Crippen LogP contribution in [-0.2, 0) is 4.79 Å².